The Labute approximate surface area is 115 Å². The normalized spacial score (nSPS) is 18.4. The first-order chi connectivity index (χ1) is 9.20. The molecule has 1 aromatic heterocycles. The van der Waals surface area contributed by atoms with E-state index in [2.05, 4.69) is 48.7 Å². The molecule has 0 radical (unpaired) electrons. The molecule has 0 aliphatic heterocycles. The second kappa shape index (κ2) is 4.86. The lowest BCUT2D eigenvalue weighted by Gasteiger charge is -2.21. The molecular formula is C17H22N2. The summed E-state index contributed by atoms with van der Waals surface area (Å²) in [7, 11) is 0. The van der Waals surface area contributed by atoms with Crippen molar-refractivity contribution < 1.29 is 0 Å². The lowest BCUT2D eigenvalue weighted by molar-refractivity contribution is 0.560. The van der Waals surface area contributed by atoms with Crippen molar-refractivity contribution in [1.29, 1.82) is 0 Å². The Balaban J connectivity index is 2.09. The van der Waals surface area contributed by atoms with Crippen LogP contribution in [0.2, 0.25) is 0 Å². The number of aromatic nitrogens is 1. The van der Waals surface area contributed by atoms with Crippen LogP contribution >= 0.6 is 0 Å². The average Bonchev–Trinajstić information content (AvgIpc) is 2.77. The molecular weight excluding hydrogens is 232 g/mol. The van der Waals surface area contributed by atoms with Gasteiger partial charge in [0.05, 0.1) is 0 Å². The highest BCUT2D eigenvalue weighted by atomic mass is 15.0. The van der Waals surface area contributed by atoms with Crippen LogP contribution in [0, 0.1) is 6.92 Å². The van der Waals surface area contributed by atoms with Crippen LogP contribution in [-0.2, 0) is 12.8 Å². The number of nitrogens with zero attached hydrogens (tertiary/aromatic N) is 1. The van der Waals surface area contributed by atoms with Crippen LogP contribution < -0.4 is 5.73 Å². The second-order valence-corrected chi connectivity index (χ2v) is 5.54. The minimum Gasteiger partial charge on any atom is -0.324 e. The van der Waals surface area contributed by atoms with Crippen molar-refractivity contribution >= 4 is 0 Å². The fourth-order valence-corrected chi connectivity index (χ4v) is 3.18. The lowest BCUT2D eigenvalue weighted by atomic mass is 9.93. The predicted molar refractivity (Wildman–Crippen MR) is 79.8 cm³/mol. The molecule has 0 amide bonds. The molecule has 0 bridgehead atoms. The van der Waals surface area contributed by atoms with E-state index < -0.39 is 0 Å². The van der Waals surface area contributed by atoms with E-state index in [1.807, 2.05) is 0 Å². The monoisotopic (exact) mass is 254 g/mol. The topological polar surface area (TPSA) is 30.9 Å². The Morgan fingerprint density at radius 1 is 1.26 bits per heavy atom. The number of aryl methyl sites for hydroxylation is 2. The van der Waals surface area contributed by atoms with Crippen LogP contribution in [-0.4, -0.2) is 4.57 Å². The molecule has 0 saturated heterocycles. The maximum atomic E-state index is 6.24. The van der Waals surface area contributed by atoms with E-state index >= 15 is 0 Å². The Morgan fingerprint density at radius 2 is 2.00 bits per heavy atom. The first-order valence-corrected chi connectivity index (χ1v) is 7.26. The van der Waals surface area contributed by atoms with Gasteiger partial charge in [-0.3, -0.25) is 0 Å². The highest BCUT2D eigenvalue weighted by Crippen LogP contribution is 2.32. The lowest BCUT2D eigenvalue weighted by Crippen LogP contribution is -2.17. The molecule has 2 aromatic rings. The highest BCUT2D eigenvalue weighted by Gasteiger charge is 2.22. The first kappa shape index (κ1) is 12.5. The maximum absolute atomic E-state index is 6.24. The smallest absolute Gasteiger partial charge is 0.0455 e. The summed E-state index contributed by atoms with van der Waals surface area (Å²) < 4.78 is 2.38. The van der Waals surface area contributed by atoms with Gasteiger partial charge in [0, 0.05) is 23.1 Å². The van der Waals surface area contributed by atoms with Crippen LogP contribution in [0.15, 0.2) is 30.3 Å². The molecule has 1 aliphatic rings. The van der Waals surface area contributed by atoms with E-state index in [9.17, 15) is 0 Å². The molecule has 1 atom stereocenters. The summed E-state index contributed by atoms with van der Waals surface area (Å²) in [5.74, 6) is 0. The summed E-state index contributed by atoms with van der Waals surface area (Å²) in [5.41, 5.74) is 13.0. The molecule has 1 aliphatic carbocycles. The minimum absolute atomic E-state index is 0.221. The van der Waals surface area contributed by atoms with Crippen molar-refractivity contribution in [2.24, 2.45) is 5.73 Å². The third-order valence-corrected chi connectivity index (χ3v) is 4.25. The molecule has 0 fully saturated rings. The molecule has 1 aromatic carbocycles. The molecule has 2 nitrogen and oxygen atoms in total. The molecule has 0 spiro atoms. The maximum Gasteiger partial charge on any atom is 0.0455 e. The quantitative estimate of drug-likeness (QED) is 0.870. The van der Waals surface area contributed by atoms with Gasteiger partial charge in [0.15, 0.2) is 0 Å². The van der Waals surface area contributed by atoms with Crippen molar-refractivity contribution in [1.82, 2.24) is 4.57 Å². The minimum atomic E-state index is 0.221. The van der Waals surface area contributed by atoms with E-state index in [1.165, 1.54) is 34.6 Å². The van der Waals surface area contributed by atoms with E-state index in [-0.39, 0.29) is 6.04 Å². The van der Waals surface area contributed by atoms with Gasteiger partial charge in [-0.15, -0.1) is 0 Å². The molecule has 1 heterocycles. The zero-order chi connectivity index (χ0) is 13.4. The van der Waals surface area contributed by atoms with Gasteiger partial charge in [0.25, 0.3) is 0 Å². The number of hydrogen-bond donors (Lipinski definition) is 1. The van der Waals surface area contributed by atoms with Gasteiger partial charge in [-0.2, -0.15) is 0 Å². The van der Waals surface area contributed by atoms with Crippen LogP contribution in [0.5, 0.6) is 0 Å². The number of fused-ring (bicyclic) bond motifs is 1. The number of rotatable bonds is 2. The zero-order valence-corrected chi connectivity index (χ0v) is 11.8. The van der Waals surface area contributed by atoms with Crippen molar-refractivity contribution in [3.05, 3.63) is 52.8 Å². The van der Waals surface area contributed by atoms with Crippen LogP contribution in [0.1, 0.15) is 48.3 Å². The van der Waals surface area contributed by atoms with Gasteiger partial charge in [-0.25, -0.2) is 0 Å². The summed E-state index contributed by atoms with van der Waals surface area (Å²) in [4.78, 5) is 0. The van der Waals surface area contributed by atoms with Gasteiger partial charge in [-0.1, -0.05) is 19.1 Å². The fraction of sp³-hybridized carbons (Fsp3) is 0.412. The molecule has 19 heavy (non-hydrogen) atoms. The van der Waals surface area contributed by atoms with Crippen molar-refractivity contribution in [3.63, 3.8) is 0 Å². The molecule has 100 valence electrons. The molecule has 0 saturated carbocycles. The van der Waals surface area contributed by atoms with Crippen molar-refractivity contribution in [2.45, 2.75) is 45.6 Å². The van der Waals surface area contributed by atoms with Crippen molar-refractivity contribution in [3.8, 4) is 5.69 Å². The summed E-state index contributed by atoms with van der Waals surface area (Å²) in [6.07, 6.45) is 4.55. The Bertz CT molecular complexity index is 578. The second-order valence-electron chi connectivity index (χ2n) is 5.54. The number of hydrogen-bond acceptors (Lipinski definition) is 1. The Kier molecular flexibility index (Phi) is 3.19. The molecule has 2 N–H and O–H groups in total. The molecule has 1 unspecified atom stereocenters. The third-order valence-electron chi connectivity index (χ3n) is 4.25. The van der Waals surface area contributed by atoms with E-state index in [0.717, 1.165) is 19.3 Å². The number of nitrogens with two attached hydrogens (primary N) is 1. The van der Waals surface area contributed by atoms with E-state index in [0.29, 0.717) is 0 Å². The SMILES string of the molecule is CCc1ccc(-n2c(C)cc3c2CCCC3N)cc1. The summed E-state index contributed by atoms with van der Waals surface area (Å²) in [5, 5.41) is 0. The summed E-state index contributed by atoms with van der Waals surface area (Å²) in [6.45, 7) is 4.37. The van der Waals surface area contributed by atoms with Gasteiger partial charge >= 0.3 is 0 Å². The standard InChI is InChI=1S/C17H22N2/c1-3-13-7-9-14(10-8-13)19-12(2)11-15-16(18)5-4-6-17(15)19/h7-11,16H,3-6,18H2,1-2H3. The van der Waals surface area contributed by atoms with E-state index in [1.54, 1.807) is 0 Å². The summed E-state index contributed by atoms with van der Waals surface area (Å²) in [6, 6.07) is 11.4. The van der Waals surface area contributed by atoms with Gasteiger partial charge in [0.1, 0.15) is 0 Å². The predicted octanol–water partition coefficient (Wildman–Crippen LogP) is 3.68. The van der Waals surface area contributed by atoms with Gasteiger partial charge in [0.2, 0.25) is 0 Å². The average molecular weight is 254 g/mol. The van der Waals surface area contributed by atoms with Crippen LogP contribution in [0.25, 0.3) is 5.69 Å². The zero-order valence-electron chi connectivity index (χ0n) is 11.8. The molecule has 2 heteroatoms. The van der Waals surface area contributed by atoms with Crippen LogP contribution in [0.3, 0.4) is 0 Å². The fourth-order valence-electron chi connectivity index (χ4n) is 3.18. The van der Waals surface area contributed by atoms with E-state index in [4.69, 9.17) is 5.73 Å². The Morgan fingerprint density at radius 3 is 2.68 bits per heavy atom. The Hall–Kier alpha value is -1.54. The van der Waals surface area contributed by atoms with Gasteiger partial charge in [-0.05, 0) is 61.9 Å². The largest absolute Gasteiger partial charge is 0.324 e. The molecule has 3 rings (SSSR count). The highest BCUT2D eigenvalue weighted by molar-refractivity contribution is 5.44. The van der Waals surface area contributed by atoms with Gasteiger partial charge < -0.3 is 10.3 Å². The van der Waals surface area contributed by atoms with Crippen LogP contribution in [0.4, 0.5) is 0 Å². The first-order valence-electron chi connectivity index (χ1n) is 7.26. The van der Waals surface area contributed by atoms with Crippen molar-refractivity contribution in [2.75, 3.05) is 0 Å². The third kappa shape index (κ3) is 2.10. The number of benzene rings is 1. The summed E-state index contributed by atoms with van der Waals surface area (Å²) >= 11 is 0.